The van der Waals surface area contributed by atoms with Gasteiger partial charge in [-0.05, 0) is 40.7 Å². The third-order valence-electron chi connectivity index (χ3n) is 2.86. The molecule has 1 aromatic heterocycles. The molecule has 3 nitrogen and oxygen atoms in total. The van der Waals surface area contributed by atoms with E-state index in [4.69, 9.17) is 0 Å². The van der Waals surface area contributed by atoms with Gasteiger partial charge in [0.15, 0.2) is 0 Å². The SMILES string of the molecule is C/C=C/CCNCc1c(C)nn(CC)c1C. The summed E-state index contributed by atoms with van der Waals surface area (Å²) in [5.41, 5.74) is 3.79. The quantitative estimate of drug-likeness (QED) is 0.591. The average molecular weight is 221 g/mol. The second kappa shape index (κ2) is 6.48. The van der Waals surface area contributed by atoms with Crippen molar-refractivity contribution in [1.29, 1.82) is 0 Å². The van der Waals surface area contributed by atoms with E-state index in [1.54, 1.807) is 0 Å². The number of rotatable bonds is 6. The van der Waals surface area contributed by atoms with E-state index in [2.05, 4.69) is 54.9 Å². The highest BCUT2D eigenvalue weighted by atomic mass is 15.3. The summed E-state index contributed by atoms with van der Waals surface area (Å²) in [4.78, 5) is 0. The fourth-order valence-corrected chi connectivity index (χ4v) is 1.86. The van der Waals surface area contributed by atoms with Crippen molar-refractivity contribution in [2.24, 2.45) is 0 Å². The number of allylic oxidation sites excluding steroid dienone is 1. The summed E-state index contributed by atoms with van der Waals surface area (Å²) in [5, 5.41) is 7.96. The molecule has 0 unspecified atom stereocenters. The van der Waals surface area contributed by atoms with Crippen LogP contribution in [0.3, 0.4) is 0 Å². The van der Waals surface area contributed by atoms with Crippen molar-refractivity contribution in [2.75, 3.05) is 6.54 Å². The van der Waals surface area contributed by atoms with E-state index in [-0.39, 0.29) is 0 Å². The monoisotopic (exact) mass is 221 g/mol. The van der Waals surface area contributed by atoms with Crippen LogP contribution in [0.25, 0.3) is 0 Å². The van der Waals surface area contributed by atoms with Crippen LogP contribution in [0.2, 0.25) is 0 Å². The first-order valence-electron chi connectivity index (χ1n) is 6.05. The van der Waals surface area contributed by atoms with Gasteiger partial charge >= 0.3 is 0 Å². The Hall–Kier alpha value is -1.09. The van der Waals surface area contributed by atoms with E-state index in [0.29, 0.717) is 0 Å². The first-order valence-corrected chi connectivity index (χ1v) is 6.05. The molecule has 0 aliphatic heterocycles. The van der Waals surface area contributed by atoms with E-state index < -0.39 is 0 Å². The number of aryl methyl sites for hydroxylation is 2. The minimum absolute atomic E-state index is 0.926. The Morgan fingerprint density at radius 3 is 2.69 bits per heavy atom. The van der Waals surface area contributed by atoms with Crippen LogP contribution in [0.4, 0.5) is 0 Å². The number of nitrogens with zero attached hydrogens (tertiary/aromatic N) is 2. The molecule has 0 aliphatic carbocycles. The Balaban J connectivity index is 2.50. The lowest BCUT2D eigenvalue weighted by atomic mass is 10.2. The van der Waals surface area contributed by atoms with Crippen LogP contribution in [-0.4, -0.2) is 16.3 Å². The van der Waals surface area contributed by atoms with Gasteiger partial charge in [0.2, 0.25) is 0 Å². The second-order valence-electron chi connectivity index (χ2n) is 4.00. The van der Waals surface area contributed by atoms with Crippen LogP contribution in [0.15, 0.2) is 12.2 Å². The highest BCUT2D eigenvalue weighted by Crippen LogP contribution is 2.12. The van der Waals surface area contributed by atoms with Crippen molar-refractivity contribution >= 4 is 0 Å². The van der Waals surface area contributed by atoms with Crippen LogP contribution in [0, 0.1) is 13.8 Å². The molecule has 16 heavy (non-hydrogen) atoms. The van der Waals surface area contributed by atoms with E-state index >= 15 is 0 Å². The third kappa shape index (κ3) is 3.20. The van der Waals surface area contributed by atoms with Gasteiger partial charge < -0.3 is 5.32 Å². The zero-order chi connectivity index (χ0) is 12.0. The van der Waals surface area contributed by atoms with E-state index in [9.17, 15) is 0 Å². The Morgan fingerprint density at radius 1 is 1.38 bits per heavy atom. The van der Waals surface area contributed by atoms with Crippen molar-refractivity contribution in [1.82, 2.24) is 15.1 Å². The van der Waals surface area contributed by atoms with Gasteiger partial charge in [-0.3, -0.25) is 4.68 Å². The Labute approximate surface area is 98.5 Å². The van der Waals surface area contributed by atoms with E-state index in [1.165, 1.54) is 11.3 Å². The summed E-state index contributed by atoms with van der Waals surface area (Å²) < 4.78 is 2.07. The summed E-state index contributed by atoms with van der Waals surface area (Å²) in [6.07, 6.45) is 5.37. The lowest BCUT2D eigenvalue weighted by Crippen LogP contribution is -2.15. The predicted molar refractivity (Wildman–Crippen MR) is 68.5 cm³/mol. The molecule has 1 heterocycles. The van der Waals surface area contributed by atoms with Crippen molar-refractivity contribution in [3.05, 3.63) is 29.1 Å². The highest BCUT2D eigenvalue weighted by Gasteiger charge is 2.09. The average Bonchev–Trinajstić information content (AvgIpc) is 2.55. The summed E-state index contributed by atoms with van der Waals surface area (Å²) in [6.45, 7) is 11.3. The van der Waals surface area contributed by atoms with E-state index in [0.717, 1.165) is 31.7 Å². The summed E-state index contributed by atoms with van der Waals surface area (Å²) in [6, 6.07) is 0. The molecule has 1 N–H and O–H groups in total. The van der Waals surface area contributed by atoms with Gasteiger partial charge in [0.25, 0.3) is 0 Å². The number of hydrogen-bond acceptors (Lipinski definition) is 2. The molecule has 3 heteroatoms. The van der Waals surface area contributed by atoms with Crippen LogP contribution in [-0.2, 0) is 13.1 Å². The van der Waals surface area contributed by atoms with Crippen LogP contribution in [0.1, 0.15) is 37.2 Å². The van der Waals surface area contributed by atoms with Gasteiger partial charge in [0, 0.05) is 24.3 Å². The van der Waals surface area contributed by atoms with Crippen molar-refractivity contribution < 1.29 is 0 Å². The number of hydrogen-bond donors (Lipinski definition) is 1. The predicted octanol–water partition coefficient (Wildman–Crippen LogP) is 2.58. The molecular formula is C13H23N3. The van der Waals surface area contributed by atoms with Gasteiger partial charge in [-0.25, -0.2) is 0 Å². The largest absolute Gasteiger partial charge is 0.312 e. The zero-order valence-electron chi connectivity index (χ0n) is 10.9. The molecule has 1 aromatic rings. The molecule has 0 spiro atoms. The van der Waals surface area contributed by atoms with Crippen LogP contribution < -0.4 is 5.32 Å². The van der Waals surface area contributed by atoms with Gasteiger partial charge in [-0.2, -0.15) is 5.10 Å². The number of aromatic nitrogens is 2. The van der Waals surface area contributed by atoms with E-state index in [1.807, 2.05) is 0 Å². The molecule has 0 atom stereocenters. The second-order valence-corrected chi connectivity index (χ2v) is 4.00. The molecule has 0 radical (unpaired) electrons. The molecule has 90 valence electrons. The van der Waals surface area contributed by atoms with Crippen molar-refractivity contribution in [2.45, 2.75) is 47.2 Å². The first kappa shape index (κ1) is 13.0. The Kier molecular flexibility index (Phi) is 5.26. The summed E-state index contributed by atoms with van der Waals surface area (Å²) in [7, 11) is 0. The third-order valence-corrected chi connectivity index (χ3v) is 2.86. The topological polar surface area (TPSA) is 29.9 Å². The van der Waals surface area contributed by atoms with Crippen LogP contribution >= 0.6 is 0 Å². The standard InChI is InChI=1S/C13H23N3/c1-5-7-8-9-14-10-13-11(3)15-16(6-2)12(13)4/h5,7,14H,6,8-10H2,1-4H3/b7-5+. The molecule has 0 saturated heterocycles. The minimum atomic E-state index is 0.926. The van der Waals surface area contributed by atoms with Gasteiger partial charge in [0.1, 0.15) is 0 Å². The maximum atomic E-state index is 4.51. The Bertz CT molecular complexity index is 350. The molecule has 0 fully saturated rings. The lowest BCUT2D eigenvalue weighted by Gasteiger charge is -2.04. The molecule has 0 saturated carbocycles. The molecule has 0 aromatic carbocycles. The maximum absolute atomic E-state index is 4.51. The van der Waals surface area contributed by atoms with Gasteiger partial charge in [-0.1, -0.05) is 12.2 Å². The Morgan fingerprint density at radius 2 is 2.12 bits per heavy atom. The fourth-order valence-electron chi connectivity index (χ4n) is 1.86. The maximum Gasteiger partial charge on any atom is 0.0641 e. The van der Waals surface area contributed by atoms with Crippen LogP contribution in [0.5, 0.6) is 0 Å². The van der Waals surface area contributed by atoms with Crippen molar-refractivity contribution in [3.63, 3.8) is 0 Å². The van der Waals surface area contributed by atoms with Gasteiger partial charge in [0.05, 0.1) is 5.69 Å². The summed E-state index contributed by atoms with van der Waals surface area (Å²) >= 11 is 0. The smallest absolute Gasteiger partial charge is 0.0641 e. The molecule has 0 aliphatic rings. The molecule has 1 rings (SSSR count). The lowest BCUT2D eigenvalue weighted by molar-refractivity contribution is 0.631. The molecular weight excluding hydrogens is 198 g/mol. The fraction of sp³-hybridized carbons (Fsp3) is 0.615. The minimum Gasteiger partial charge on any atom is -0.312 e. The van der Waals surface area contributed by atoms with Gasteiger partial charge in [-0.15, -0.1) is 0 Å². The molecule has 0 bridgehead atoms. The summed E-state index contributed by atoms with van der Waals surface area (Å²) in [5.74, 6) is 0. The zero-order valence-corrected chi connectivity index (χ0v) is 10.9. The number of nitrogens with one attached hydrogen (secondary N) is 1. The normalized spacial score (nSPS) is 11.5. The first-order chi connectivity index (χ1) is 7.70. The van der Waals surface area contributed by atoms with Crippen molar-refractivity contribution in [3.8, 4) is 0 Å². The molecule has 0 amide bonds. The highest BCUT2D eigenvalue weighted by molar-refractivity contribution is 5.24.